The van der Waals surface area contributed by atoms with Gasteiger partial charge in [0.05, 0.1) is 6.61 Å². The number of ether oxygens (including phenoxy) is 1. The van der Waals surface area contributed by atoms with E-state index in [1.54, 1.807) is 12.0 Å². The molecule has 2 aliphatic heterocycles. The van der Waals surface area contributed by atoms with Crippen molar-refractivity contribution in [3.8, 4) is 0 Å². The topological polar surface area (TPSA) is 61.9 Å². The maximum Gasteiger partial charge on any atom is 0.254 e. The lowest BCUT2D eigenvalue weighted by Crippen LogP contribution is -2.57. The Labute approximate surface area is 155 Å². The van der Waals surface area contributed by atoms with E-state index >= 15 is 0 Å². The Hall–Kier alpha value is -1.92. The SMILES string of the molecule is COCCN1CCC(NC(=O)C2(C)CCCN2C(=O)c2ccccc2)C1. The number of methoxy groups -OCH3 is 1. The van der Waals surface area contributed by atoms with E-state index in [1.807, 2.05) is 37.3 Å². The Bertz CT molecular complexity index is 636. The van der Waals surface area contributed by atoms with E-state index in [1.165, 1.54) is 0 Å². The summed E-state index contributed by atoms with van der Waals surface area (Å²) in [6, 6.07) is 9.36. The highest BCUT2D eigenvalue weighted by Crippen LogP contribution is 2.31. The molecule has 1 aromatic carbocycles. The smallest absolute Gasteiger partial charge is 0.254 e. The van der Waals surface area contributed by atoms with Crippen molar-refractivity contribution in [1.82, 2.24) is 15.1 Å². The van der Waals surface area contributed by atoms with Gasteiger partial charge in [-0.05, 0) is 38.3 Å². The minimum absolute atomic E-state index is 0.0297. The van der Waals surface area contributed by atoms with Crippen molar-refractivity contribution in [3.63, 3.8) is 0 Å². The Morgan fingerprint density at radius 1 is 1.27 bits per heavy atom. The van der Waals surface area contributed by atoms with Crippen molar-refractivity contribution >= 4 is 11.8 Å². The Kier molecular flexibility index (Phi) is 5.94. The van der Waals surface area contributed by atoms with Gasteiger partial charge >= 0.3 is 0 Å². The van der Waals surface area contributed by atoms with Crippen LogP contribution in [0.25, 0.3) is 0 Å². The average Bonchev–Trinajstić information content (AvgIpc) is 3.27. The summed E-state index contributed by atoms with van der Waals surface area (Å²) < 4.78 is 5.13. The molecule has 0 radical (unpaired) electrons. The molecule has 0 aromatic heterocycles. The standard InChI is InChI=1S/C20H29N3O3/c1-20(19(25)21-17-9-12-22(15-17)13-14-26-2)10-6-11-23(20)18(24)16-7-4-3-5-8-16/h3-5,7-8,17H,6,9-15H2,1-2H3,(H,21,25). The summed E-state index contributed by atoms with van der Waals surface area (Å²) in [4.78, 5) is 30.0. The molecule has 2 aliphatic rings. The summed E-state index contributed by atoms with van der Waals surface area (Å²) in [5.74, 6) is -0.0910. The minimum atomic E-state index is -0.771. The van der Waals surface area contributed by atoms with E-state index in [2.05, 4.69) is 10.2 Å². The Balaban J connectivity index is 1.63. The maximum absolute atomic E-state index is 13.0. The van der Waals surface area contributed by atoms with Gasteiger partial charge in [0.25, 0.3) is 5.91 Å². The zero-order valence-electron chi connectivity index (χ0n) is 15.7. The van der Waals surface area contributed by atoms with Crippen LogP contribution in [-0.4, -0.2) is 73.1 Å². The van der Waals surface area contributed by atoms with Crippen LogP contribution in [0, 0.1) is 0 Å². The van der Waals surface area contributed by atoms with Gasteiger partial charge in [-0.3, -0.25) is 14.5 Å². The Morgan fingerprint density at radius 2 is 2.04 bits per heavy atom. The molecule has 2 amide bonds. The predicted octanol–water partition coefficient (Wildman–Crippen LogP) is 1.52. The van der Waals surface area contributed by atoms with Crippen molar-refractivity contribution in [3.05, 3.63) is 35.9 Å². The van der Waals surface area contributed by atoms with Gasteiger partial charge in [0, 0.05) is 44.9 Å². The van der Waals surface area contributed by atoms with E-state index in [-0.39, 0.29) is 17.9 Å². The Morgan fingerprint density at radius 3 is 2.77 bits per heavy atom. The number of rotatable bonds is 6. The van der Waals surface area contributed by atoms with Crippen LogP contribution in [0.15, 0.2) is 30.3 Å². The predicted molar refractivity (Wildman–Crippen MR) is 100.0 cm³/mol. The number of hydrogen-bond donors (Lipinski definition) is 1. The first-order chi connectivity index (χ1) is 12.5. The number of amides is 2. The van der Waals surface area contributed by atoms with Gasteiger partial charge in [-0.1, -0.05) is 18.2 Å². The van der Waals surface area contributed by atoms with Gasteiger partial charge in [-0.2, -0.15) is 0 Å². The molecule has 2 atom stereocenters. The maximum atomic E-state index is 13.0. The molecule has 6 nitrogen and oxygen atoms in total. The van der Waals surface area contributed by atoms with Crippen LogP contribution in [0.3, 0.4) is 0 Å². The molecule has 2 saturated heterocycles. The summed E-state index contributed by atoms with van der Waals surface area (Å²) in [6.45, 7) is 5.93. The lowest BCUT2D eigenvalue weighted by Gasteiger charge is -2.35. The molecule has 2 unspecified atom stereocenters. The third-order valence-electron chi connectivity index (χ3n) is 5.62. The second-order valence-electron chi connectivity index (χ2n) is 7.45. The highest BCUT2D eigenvalue weighted by atomic mass is 16.5. The number of nitrogens with zero attached hydrogens (tertiary/aromatic N) is 2. The summed E-state index contributed by atoms with van der Waals surface area (Å²) in [5.41, 5.74) is -0.132. The molecule has 26 heavy (non-hydrogen) atoms. The van der Waals surface area contributed by atoms with Crippen molar-refractivity contribution < 1.29 is 14.3 Å². The fourth-order valence-corrected chi connectivity index (χ4v) is 3.98. The van der Waals surface area contributed by atoms with Crippen molar-refractivity contribution in [1.29, 1.82) is 0 Å². The van der Waals surface area contributed by atoms with Crippen LogP contribution in [0.1, 0.15) is 36.5 Å². The van der Waals surface area contributed by atoms with E-state index in [4.69, 9.17) is 4.74 Å². The van der Waals surface area contributed by atoms with Crippen LogP contribution in [0.2, 0.25) is 0 Å². The fraction of sp³-hybridized carbons (Fsp3) is 0.600. The molecule has 1 aromatic rings. The molecule has 6 heteroatoms. The van der Waals surface area contributed by atoms with Gasteiger partial charge in [0.15, 0.2) is 0 Å². The zero-order valence-corrected chi connectivity index (χ0v) is 15.7. The molecule has 0 aliphatic carbocycles. The van der Waals surface area contributed by atoms with Crippen molar-refractivity contribution in [2.75, 3.05) is 39.9 Å². The third-order valence-corrected chi connectivity index (χ3v) is 5.62. The van der Waals surface area contributed by atoms with Gasteiger partial charge < -0.3 is 15.0 Å². The van der Waals surface area contributed by atoms with Crippen molar-refractivity contribution in [2.24, 2.45) is 0 Å². The summed E-state index contributed by atoms with van der Waals surface area (Å²) in [5, 5.41) is 3.19. The van der Waals surface area contributed by atoms with E-state index in [9.17, 15) is 9.59 Å². The van der Waals surface area contributed by atoms with Gasteiger partial charge in [0.2, 0.25) is 5.91 Å². The summed E-state index contributed by atoms with van der Waals surface area (Å²) in [6.07, 6.45) is 2.50. The van der Waals surface area contributed by atoms with Crippen molar-refractivity contribution in [2.45, 2.75) is 37.8 Å². The van der Waals surface area contributed by atoms with Crippen LogP contribution < -0.4 is 5.32 Å². The molecular weight excluding hydrogens is 330 g/mol. The lowest BCUT2D eigenvalue weighted by atomic mass is 9.96. The normalized spacial score (nSPS) is 26.2. The first-order valence-electron chi connectivity index (χ1n) is 9.44. The number of hydrogen-bond acceptors (Lipinski definition) is 4. The monoisotopic (exact) mass is 359 g/mol. The number of benzene rings is 1. The van der Waals surface area contributed by atoms with Gasteiger partial charge in [-0.25, -0.2) is 0 Å². The lowest BCUT2D eigenvalue weighted by molar-refractivity contribution is -0.130. The van der Waals surface area contributed by atoms with Crippen LogP contribution in [0.5, 0.6) is 0 Å². The molecule has 2 heterocycles. The first-order valence-corrected chi connectivity index (χ1v) is 9.44. The second-order valence-corrected chi connectivity index (χ2v) is 7.45. The molecule has 142 valence electrons. The molecule has 3 rings (SSSR count). The largest absolute Gasteiger partial charge is 0.383 e. The van der Waals surface area contributed by atoms with E-state index in [0.717, 1.165) is 32.5 Å². The fourth-order valence-electron chi connectivity index (χ4n) is 3.98. The first kappa shape index (κ1) is 18.9. The number of carbonyl (C=O) groups excluding carboxylic acids is 2. The number of carbonyl (C=O) groups is 2. The van der Waals surface area contributed by atoms with E-state index in [0.29, 0.717) is 25.1 Å². The molecule has 0 saturated carbocycles. The number of likely N-dealkylation sites (tertiary alicyclic amines) is 2. The van der Waals surface area contributed by atoms with Crippen LogP contribution >= 0.6 is 0 Å². The summed E-state index contributed by atoms with van der Waals surface area (Å²) >= 11 is 0. The second kappa shape index (κ2) is 8.18. The third kappa shape index (κ3) is 3.91. The quantitative estimate of drug-likeness (QED) is 0.837. The molecule has 0 spiro atoms. The van der Waals surface area contributed by atoms with E-state index < -0.39 is 5.54 Å². The summed E-state index contributed by atoms with van der Waals surface area (Å²) in [7, 11) is 1.70. The highest BCUT2D eigenvalue weighted by molar-refractivity contribution is 5.99. The molecular formula is C20H29N3O3. The average molecular weight is 359 g/mol. The van der Waals surface area contributed by atoms with Crippen LogP contribution in [-0.2, 0) is 9.53 Å². The zero-order chi connectivity index (χ0) is 18.6. The van der Waals surface area contributed by atoms with Gasteiger partial charge in [-0.15, -0.1) is 0 Å². The molecule has 2 fully saturated rings. The molecule has 1 N–H and O–H groups in total. The van der Waals surface area contributed by atoms with Crippen LogP contribution in [0.4, 0.5) is 0 Å². The highest BCUT2D eigenvalue weighted by Gasteiger charge is 2.46. The minimum Gasteiger partial charge on any atom is -0.383 e. The van der Waals surface area contributed by atoms with Gasteiger partial charge in [0.1, 0.15) is 5.54 Å². The molecule has 0 bridgehead atoms. The number of nitrogens with one attached hydrogen (secondary N) is 1.